The average molecular weight is 176 g/mol. The highest BCUT2D eigenvalue weighted by atomic mass is 16.9. The summed E-state index contributed by atoms with van der Waals surface area (Å²) >= 11 is 0. The van der Waals surface area contributed by atoms with E-state index in [1.807, 2.05) is 0 Å². The van der Waals surface area contributed by atoms with Gasteiger partial charge < -0.3 is 29.3 Å². The van der Waals surface area contributed by atoms with Gasteiger partial charge >= 0.3 is 7.32 Å². The van der Waals surface area contributed by atoms with Crippen LogP contribution in [0.25, 0.3) is 0 Å². The molecule has 0 saturated carbocycles. The Morgan fingerprint density at radius 2 is 2.17 bits per heavy atom. The standard InChI is InChI=1S/C5H9BO6/c1-4-5(8,3(7)2-10-4)12-6(9)11-4/h3,7-9H,2H2,1H3/t3-,4+,5+/m0/s1. The van der Waals surface area contributed by atoms with E-state index in [2.05, 4.69) is 4.65 Å². The maximum absolute atomic E-state index is 9.65. The topological polar surface area (TPSA) is 88.4 Å². The molecule has 3 atom stereocenters. The van der Waals surface area contributed by atoms with Crippen molar-refractivity contribution in [2.24, 2.45) is 0 Å². The fourth-order valence-corrected chi connectivity index (χ4v) is 1.43. The molecular weight excluding hydrogens is 167 g/mol. The Kier molecular flexibility index (Phi) is 1.54. The summed E-state index contributed by atoms with van der Waals surface area (Å²) in [6.45, 7) is 1.30. The Balaban J connectivity index is 2.32. The fourth-order valence-electron chi connectivity index (χ4n) is 1.43. The van der Waals surface area contributed by atoms with Crippen molar-refractivity contribution in [1.82, 2.24) is 0 Å². The van der Waals surface area contributed by atoms with Gasteiger partial charge in [0.1, 0.15) is 6.10 Å². The number of aliphatic hydroxyl groups excluding tert-OH is 1. The molecule has 0 aromatic carbocycles. The van der Waals surface area contributed by atoms with Crippen molar-refractivity contribution in [3.63, 3.8) is 0 Å². The van der Waals surface area contributed by atoms with Crippen LogP contribution in [0.5, 0.6) is 0 Å². The van der Waals surface area contributed by atoms with E-state index in [9.17, 15) is 10.2 Å². The third kappa shape index (κ3) is 0.805. The summed E-state index contributed by atoms with van der Waals surface area (Å²) in [6.07, 6.45) is -1.21. The van der Waals surface area contributed by atoms with Gasteiger partial charge in [-0.3, -0.25) is 0 Å². The Morgan fingerprint density at radius 3 is 2.75 bits per heavy atom. The summed E-state index contributed by atoms with van der Waals surface area (Å²) < 4.78 is 14.3. The first-order valence-electron chi connectivity index (χ1n) is 3.56. The van der Waals surface area contributed by atoms with Crippen molar-refractivity contribution in [2.75, 3.05) is 6.61 Å². The lowest BCUT2D eigenvalue weighted by Crippen LogP contribution is -2.52. The zero-order chi connectivity index (χ0) is 8.98. The fraction of sp³-hybridized carbons (Fsp3) is 1.00. The smallest absolute Gasteiger partial charge is 0.401 e. The Hall–Kier alpha value is -0.175. The molecule has 0 amide bonds. The van der Waals surface area contributed by atoms with Crippen molar-refractivity contribution >= 4 is 7.32 Å². The van der Waals surface area contributed by atoms with Crippen LogP contribution in [0.15, 0.2) is 0 Å². The lowest BCUT2D eigenvalue weighted by Gasteiger charge is -2.29. The van der Waals surface area contributed by atoms with Gasteiger partial charge in [-0.1, -0.05) is 0 Å². The Labute approximate surface area is 68.8 Å². The Bertz CT molecular complexity index is 212. The van der Waals surface area contributed by atoms with Crippen LogP contribution in [0.3, 0.4) is 0 Å². The summed E-state index contributed by atoms with van der Waals surface area (Å²) in [6, 6.07) is 0. The van der Waals surface area contributed by atoms with Crippen LogP contribution in [0.1, 0.15) is 6.92 Å². The van der Waals surface area contributed by atoms with E-state index in [0.29, 0.717) is 0 Å². The van der Waals surface area contributed by atoms with Crippen LogP contribution in [0, 0.1) is 0 Å². The zero-order valence-corrected chi connectivity index (χ0v) is 6.43. The second-order valence-corrected chi connectivity index (χ2v) is 3.01. The average Bonchev–Trinajstić information content (AvgIpc) is 2.28. The van der Waals surface area contributed by atoms with E-state index in [1.54, 1.807) is 0 Å². The van der Waals surface area contributed by atoms with E-state index < -0.39 is 25.0 Å². The van der Waals surface area contributed by atoms with Gasteiger partial charge in [0.15, 0.2) is 0 Å². The maximum Gasteiger partial charge on any atom is 0.641 e. The molecule has 2 aliphatic heterocycles. The van der Waals surface area contributed by atoms with Crippen molar-refractivity contribution < 1.29 is 29.3 Å². The molecule has 2 rings (SSSR count). The van der Waals surface area contributed by atoms with Gasteiger partial charge in [-0.05, 0) is 6.92 Å². The predicted octanol–water partition coefficient (Wildman–Crippen LogP) is -2.19. The summed E-state index contributed by atoms with van der Waals surface area (Å²) in [5, 5.41) is 27.8. The van der Waals surface area contributed by atoms with Crippen LogP contribution >= 0.6 is 0 Å². The molecule has 0 bridgehead atoms. The summed E-state index contributed by atoms with van der Waals surface area (Å²) in [7, 11) is -1.56. The zero-order valence-electron chi connectivity index (χ0n) is 6.43. The molecule has 3 N–H and O–H groups in total. The monoisotopic (exact) mass is 176 g/mol. The molecule has 12 heavy (non-hydrogen) atoms. The molecule has 0 spiro atoms. The summed E-state index contributed by atoms with van der Waals surface area (Å²) in [5.41, 5.74) is 0. The molecule has 2 saturated heterocycles. The van der Waals surface area contributed by atoms with E-state index in [0.717, 1.165) is 0 Å². The molecule has 0 aliphatic carbocycles. The largest absolute Gasteiger partial charge is 0.641 e. The van der Waals surface area contributed by atoms with Crippen LogP contribution < -0.4 is 0 Å². The van der Waals surface area contributed by atoms with Crippen LogP contribution in [-0.4, -0.2) is 46.8 Å². The third-order valence-electron chi connectivity index (χ3n) is 2.23. The van der Waals surface area contributed by atoms with Crippen LogP contribution in [-0.2, 0) is 14.0 Å². The van der Waals surface area contributed by atoms with Crippen LogP contribution in [0.4, 0.5) is 0 Å². The molecule has 2 fully saturated rings. The van der Waals surface area contributed by atoms with Gasteiger partial charge in [0.05, 0.1) is 6.61 Å². The maximum atomic E-state index is 9.65. The number of aliphatic hydroxyl groups is 2. The number of fused-ring (bicyclic) bond motifs is 1. The normalized spacial score (nSPS) is 53.0. The minimum Gasteiger partial charge on any atom is -0.401 e. The first kappa shape index (κ1) is 8.42. The second kappa shape index (κ2) is 2.19. The van der Waals surface area contributed by atoms with Gasteiger partial charge in [0.25, 0.3) is 0 Å². The molecule has 0 radical (unpaired) electrons. The highest BCUT2D eigenvalue weighted by Gasteiger charge is 2.68. The lowest BCUT2D eigenvalue weighted by atomic mass is 10.1. The van der Waals surface area contributed by atoms with Crippen molar-refractivity contribution in [3.05, 3.63) is 0 Å². The first-order chi connectivity index (χ1) is 5.48. The number of rotatable bonds is 0. The highest BCUT2D eigenvalue weighted by Crippen LogP contribution is 2.43. The molecule has 68 valence electrons. The van der Waals surface area contributed by atoms with Gasteiger partial charge in [-0.15, -0.1) is 0 Å². The summed E-state index contributed by atoms with van der Waals surface area (Å²) in [5.74, 6) is -3.45. The quantitative estimate of drug-likeness (QED) is 0.363. The highest BCUT2D eigenvalue weighted by molar-refractivity contribution is 6.35. The SMILES string of the molecule is C[C@]12OC[C@H](O)[C@@]1(O)OB(O)O2. The van der Waals surface area contributed by atoms with Gasteiger partial charge in [-0.25, -0.2) is 0 Å². The Morgan fingerprint density at radius 1 is 1.50 bits per heavy atom. The molecule has 2 aliphatic rings. The number of hydrogen-bond donors (Lipinski definition) is 3. The van der Waals surface area contributed by atoms with E-state index in [-0.39, 0.29) is 6.61 Å². The van der Waals surface area contributed by atoms with Gasteiger partial charge in [-0.2, -0.15) is 0 Å². The number of hydrogen-bond acceptors (Lipinski definition) is 6. The molecule has 0 aromatic rings. The predicted molar refractivity (Wildman–Crippen MR) is 35.5 cm³/mol. The van der Waals surface area contributed by atoms with Crippen LogP contribution in [0.2, 0.25) is 0 Å². The molecule has 7 heteroatoms. The minimum absolute atomic E-state index is 0.0836. The minimum atomic E-state index is -1.97. The molecular formula is C5H9BO6. The molecule has 2 heterocycles. The second-order valence-electron chi connectivity index (χ2n) is 3.01. The van der Waals surface area contributed by atoms with Crippen molar-refractivity contribution in [2.45, 2.75) is 24.6 Å². The van der Waals surface area contributed by atoms with E-state index in [1.165, 1.54) is 6.92 Å². The first-order valence-corrected chi connectivity index (χ1v) is 3.56. The third-order valence-corrected chi connectivity index (χ3v) is 2.23. The van der Waals surface area contributed by atoms with E-state index in [4.69, 9.17) is 14.4 Å². The van der Waals surface area contributed by atoms with E-state index >= 15 is 0 Å². The molecule has 6 nitrogen and oxygen atoms in total. The van der Waals surface area contributed by atoms with Crippen molar-refractivity contribution in [3.8, 4) is 0 Å². The van der Waals surface area contributed by atoms with Gasteiger partial charge in [0.2, 0.25) is 11.6 Å². The van der Waals surface area contributed by atoms with Crippen molar-refractivity contribution in [1.29, 1.82) is 0 Å². The number of ether oxygens (including phenoxy) is 1. The summed E-state index contributed by atoms with van der Waals surface area (Å²) in [4.78, 5) is 0. The van der Waals surface area contributed by atoms with Gasteiger partial charge in [0, 0.05) is 0 Å². The lowest BCUT2D eigenvalue weighted by molar-refractivity contribution is -0.271. The molecule has 0 unspecified atom stereocenters. The molecule has 0 aromatic heterocycles.